The molecule has 1 aromatic carbocycles. The first-order valence-corrected chi connectivity index (χ1v) is 6.97. The van der Waals surface area contributed by atoms with E-state index in [2.05, 4.69) is 10.2 Å². The Bertz CT molecular complexity index is 580. The van der Waals surface area contributed by atoms with Crippen molar-refractivity contribution in [1.29, 1.82) is 0 Å². The largest absolute Gasteiger partial charge is 0.507 e. The molecule has 98 valence electrons. The van der Waals surface area contributed by atoms with Gasteiger partial charge in [-0.1, -0.05) is 0 Å². The van der Waals surface area contributed by atoms with E-state index < -0.39 is 15.8 Å². The van der Waals surface area contributed by atoms with Crippen molar-refractivity contribution in [2.24, 2.45) is 10.2 Å². The molecule has 0 aromatic heterocycles. The number of aromatic hydroxyl groups is 1. The molecule has 0 amide bonds. The van der Waals surface area contributed by atoms with Crippen LogP contribution in [0.2, 0.25) is 0 Å². The van der Waals surface area contributed by atoms with Gasteiger partial charge in [-0.3, -0.25) is 0 Å². The van der Waals surface area contributed by atoms with Crippen LogP contribution in [0.1, 0.15) is 10.4 Å². The molecule has 0 saturated carbocycles. The van der Waals surface area contributed by atoms with Crippen molar-refractivity contribution < 1.29 is 23.4 Å². The summed E-state index contributed by atoms with van der Waals surface area (Å²) in [4.78, 5) is 10.7. The van der Waals surface area contributed by atoms with Crippen molar-refractivity contribution in [3.63, 3.8) is 0 Å². The topological polar surface area (TPSA) is 116 Å². The second kappa shape index (κ2) is 5.58. The normalized spacial score (nSPS) is 11.8. The number of sulfone groups is 1. The number of carbonyl (C=O) groups is 1. The Morgan fingerprint density at radius 2 is 2.06 bits per heavy atom. The molecule has 0 bridgehead atoms. The maximum atomic E-state index is 10.8. The number of phenols is 1. The third kappa shape index (κ3) is 4.50. The van der Waals surface area contributed by atoms with Gasteiger partial charge < -0.3 is 10.2 Å². The maximum absolute atomic E-state index is 10.8. The fraction of sp³-hybridized carbons (Fsp3) is 0.300. The van der Waals surface area contributed by atoms with Gasteiger partial charge in [-0.05, 0) is 18.2 Å². The molecule has 0 saturated heterocycles. The van der Waals surface area contributed by atoms with Crippen LogP contribution in [0.3, 0.4) is 0 Å². The minimum atomic E-state index is -3.09. The molecule has 0 fully saturated rings. The first-order valence-electron chi connectivity index (χ1n) is 4.91. The van der Waals surface area contributed by atoms with Crippen molar-refractivity contribution >= 4 is 21.5 Å². The van der Waals surface area contributed by atoms with Gasteiger partial charge >= 0.3 is 5.97 Å². The maximum Gasteiger partial charge on any atom is 0.339 e. The molecule has 0 radical (unpaired) electrons. The van der Waals surface area contributed by atoms with Gasteiger partial charge in [0.2, 0.25) is 0 Å². The van der Waals surface area contributed by atoms with Crippen molar-refractivity contribution in [1.82, 2.24) is 0 Å². The SMILES string of the molecule is CS(=O)(=O)CC/N=N/c1ccc(O)c(C(=O)O)c1. The highest BCUT2D eigenvalue weighted by molar-refractivity contribution is 7.90. The third-order valence-corrected chi connectivity index (χ3v) is 2.88. The summed E-state index contributed by atoms with van der Waals surface area (Å²) in [5, 5.41) is 25.3. The standard InChI is InChI=1S/C10H12N2O5S/c1-18(16,17)5-4-11-12-7-2-3-9(13)8(6-7)10(14)15/h2-3,6,13H,4-5H2,1H3,(H,14,15)/b12-11+. The van der Waals surface area contributed by atoms with Gasteiger partial charge in [0, 0.05) is 6.26 Å². The first kappa shape index (κ1) is 14.1. The molecular weight excluding hydrogens is 260 g/mol. The van der Waals surface area contributed by atoms with Crippen molar-refractivity contribution in [2.45, 2.75) is 0 Å². The van der Waals surface area contributed by atoms with Gasteiger partial charge in [0.05, 0.1) is 18.0 Å². The lowest BCUT2D eigenvalue weighted by Crippen LogP contribution is -2.05. The number of hydrogen-bond acceptors (Lipinski definition) is 6. The fourth-order valence-corrected chi connectivity index (χ4v) is 1.51. The molecule has 2 N–H and O–H groups in total. The van der Waals surface area contributed by atoms with E-state index in [0.29, 0.717) is 0 Å². The van der Waals surface area contributed by atoms with Crippen LogP contribution in [-0.2, 0) is 9.84 Å². The molecule has 1 aromatic rings. The molecule has 18 heavy (non-hydrogen) atoms. The number of carboxylic acid groups (broad SMARTS) is 1. The number of aromatic carboxylic acids is 1. The molecule has 0 heterocycles. The van der Waals surface area contributed by atoms with E-state index in [0.717, 1.165) is 12.3 Å². The van der Waals surface area contributed by atoms with Crippen LogP contribution in [0.4, 0.5) is 5.69 Å². The van der Waals surface area contributed by atoms with Gasteiger partial charge in [-0.25, -0.2) is 13.2 Å². The zero-order chi connectivity index (χ0) is 13.8. The predicted molar refractivity (Wildman–Crippen MR) is 64.2 cm³/mol. The Morgan fingerprint density at radius 3 is 2.61 bits per heavy atom. The van der Waals surface area contributed by atoms with Gasteiger partial charge in [0.15, 0.2) is 0 Å². The molecule has 0 unspecified atom stereocenters. The number of hydrogen-bond donors (Lipinski definition) is 2. The van der Waals surface area contributed by atoms with Crippen molar-refractivity contribution in [2.75, 3.05) is 18.6 Å². The lowest BCUT2D eigenvalue weighted by atomic mass is 10.2. The second-order valence-corrected chi connectivity index (χ2v) is 5.86. The minimum Gasteiger partial charge on any atom is -0.507 e. The van der Waals surface area contributed by atoms with Crippen LogP contribution in [0, 0.1) is 0 Å². The Balaban J connectivity index is 2.77. The van der Waals surface area contributed by atoms with Crippen LogP contribution in [0.15, 0.2) is 28.4 Å². The molecule has 0 atom stereocenters. The van der Waals surface area contributed by atoms with Crippen molar-refractivity contribution in [3.05, 3.63) is 23.8 Å². The highest BCUT2D eigenvalue weighted by Crippen LogP contribution is 2.23. The second-order valence-electron chi connectivity index (χ2n) is 3.60. The summed E-state index contributed by atoms with van der Waals surface area (Å²) in [7, 11) is -3.09. The summed E-state index contributed by atoms with van der Waals surface area (Å²) in [6.45, 7) is 0.00210. The fourth-order valence-electron chi connectivity index (χ4n) is 1.10. The molecular formula is C10H12N2O5S. The Morgan fingerprint density at radius 1 is 1.39 bits per heavy atom. The zero-order valence-corrected chi connectivity index (χ0v) is 10.4. The Kier molecular flexibility index (Phi) is 4.38. The van der Waals surface area contributed by atoms with E-state index in [1.807, 2.05) is 0 Å². The average molecular weight is 272 g/mol. The van der Waals surface area contributed by atoms with Crippen LogP contribution in [0.5, 0.6) is 5.75 Å². The number of carboxylic acids is 1. The van der Waals surface area contributed by atoms with Crippen LogP contribution >= 0.6 is 0 Å². The molecule has 0 aliphatic carbocycles. The molecule has 0 spiro atoms. The third-order valence-electron chi connectivity index (χ3n) is 1.96. The van der Waals surface area contributed by atoms with Gasteiger partial charge in [-0.2, -0.15) is 10.2 Å². The molecule has 8 heteroatoms. The lowest BCUT2D eigenvalue weighted by Gasteiger charge is -1.99. The number of benzene rings is 1. The summed E-state index contributed by atoms with van der Waals surface area (Å²) in [5.74, 6) is -1.77. The Labute approximate surface area is 104 Å². The van der Waals surface area contributed by atoms with E-state index in [1.165, 1.54) is 12.1 Å². The minimum absolute atomic E-state index is 0.00210. The highest BCUT2D eigenvalue weighted by atomic mass is 32.2. The van der Waals surface area contributed by atoms with Crippen LogP contribution < -0.4 is 0 Å². The number of nitrogens with zero attached hydrogens (tertiary/aromatic N) is 2. The van der Waals surface area contributed by atoms with E-state index in [1.54, 1.807) is 0 Å². The van der Waals surface area contributed by atoms with Crippen LogP contribution in [-0.4, -0.2) is 43.2 Å². The summed E-state index contributed by atoms with van der Waals surface area (Å²) in [6.07, 6.45) is 1.09. The summed E-state index contributed by atoms with van der Waals surface area (Å²) in [5.41, 5.74) is -0.0479. The van der Waals surface area contributed by atoms with E-state index in [-0.39, 0.29) is 29.3 Å². The first-order chi connectivity index (χ1) is 8.29. The van der Waals surface area contributed by atoms with E-state index in [9.17, 15) is 18.3 Å². The molecule has 0 aliphatic heterocycles. The lowest BCUT2D eigenvalue weighted by molar-refractivity contribution is 0.0693. The van der Waals surface area contributed by atoms with Gasteiger partial charge in [0.25, 0.3) is 0 Å². The Hall–Kier alpha value is -1.96. The van der Waals surface area contributed by atoms with Crippen molar-refractivity contribution in [3.8, 4) is 5.75 Å². The summed E-state index contributed by atoms with van der Waals surface area (Å²) in [6, 6.07) is 3.72. The zero-order valence-electron chi connectivity index (χ0n) is 9.57. The number of rotatable bonds is 5. The van der Waals surface area contributed by atoms with Gasteiger partial charge in [-0.15, -0.1) is 0 Å². The van der Waals surface area contributed by atoms with Crippen LogP contribution in [0.25, 0.3) is 0 Å². The number of azo groups is 1. The summed E-state index contributed by atoms with van der Waals surface area (Å²) >= 11 is 0. The smallest absolute Gasteiger partial charge is 0.339 e. The highest BCUT2D eigenvalue weighted by Gasteiger charge is 2.09. The van der Waals surface area contributed by atoms with E-state index >= 15 is 0 Å². The molecule has 1 rings (SSSR count). The monoisotopic (exact) mass is 272 g/mol. The summed E-state index contributed by atoms with van der Waals surface area (Å²) < 4.78 is 21.6. The molecule has 0 aliphatic rings. The average Bonchev–Trinajstić information content (AvgIpc) is 2.24. The van der Waals surface area contributed by atoms with E-state index in [4.69, 9.17) is 5.11 Å². The molecule has 7 nitrogen and oxygen atoms in total. The van der Waals surface area contributed by atoms with Gasteiger partial charge in [0.1, 0.15) is 21.2 Å². The quantitative estimate of drug-likeness (QED) is 0.781. The predicted octanol–water partition coefficient (Wildman–Crippen LogP) is 1.22.